The molecule has 2 heterocycles. The molecule has 0 saturated carbocycles. The maximum Gasteiger partial charge on any atom is 0.0772 e. The molecule has 0 aliphatic carbocycles. The normalized spacial score (nSPS) is 20.2. The van der Waals surface area contributed by atoms with Crippen molar-refractivity contribution in [2.24, 2.45) is 0 Å². The predicted molar refractivity (Wildman–Crippen MR) is 64.6 cm³/mol. The van der Waals surface area contributed by atoms with Crippen LogP contribution < -0.4 is 0 Å². The van der Waals surface area contributed by atoms with Crippen LogP contribution in [0.15, 0.2) is 24.4 Å². The first kappa shape index (κ1) is 10.7. The molecular weight excluding hydrogens is 216 g/mol. The van der Waals surface area contributed by atoms with Gasteiger partial charge in [0.25, 0.3) is 0 Å². The van der Waals surface area contributed by atoms with E-state index in [-0.39, 0.29) is 6.61 Å². The lowest BCUT2D eigenvalue weighted by Gasteiger charge is -2.10. The summed E-state index contributed by atoms with van der Waals surface area (Å²) in [7, 11) is 0. The summed E-state index contributed by atoms with van der Waals surface area (Å²) in [4.78, 5) is 0. The van der Waals surface area contributed by atoms with E-state index in [9.17, 15) is 0 Å². The van der Waals surface area contributed by atoms with E-state index in [1.54, 1.807) is 0 Å². The fourth-order valence-electron chi connectivity index (χ4n) is 2.36. The number of benzene rings is 1. The molecule has 0 amide bonds. The number of ether oxygens (including phenoxy) is 1. The first-order valence-corrected chi connectivity index (χ1v) is 6.04. The van der Waals surface area contributed by atoms with Gasteiger partial charge in [-0.3, -0.25) is 4.68 Å². The van der Waals surface area contributed by atoms with E-state index in [0.29, 0.717) is 6.10 Å². The molecule has 1 unspecified atom stereocenters. The second-order valence-corrected chi connectivity index (χ2v) is 4.51. The lowest BCUT2D eigenvalue weighted by molar-refractivity contribution is 0.0951. The van der Waals surface area contributed by atoms with E-state index in [2.05, 4.69) is 5.10 Å². The zero-order chi connectivity index (χ0) is 11.7. The number of aliphatic hydroxyl groups is 1. The third-order valence-corrected chi connectivity index (χ3v) is 3.29. The molecule has 0 spiro atoms. The molecule has 17 heavy (non-hydrogen) atoms. The molecular formula is C13H16N2O2. The highest BCUT2D eigenvalue weighted by atomic mass is 16.5. The summed E-state index contributed by atoms with van der Waals surface area (Å²) in [5.74, 6) is 0. The second-order valence-electron chi connectivity index (χ2n) is 4.51. The number of nitrogens with zero attached hydrogens (tertiary/aromatic N) is 2. The minimum atomic E-state index is 0.0762. The van der Waals surface area contributed by atoms with Crippen LogP contribution in [-0.4, -0.2) is 27.6 Å². The summed E-state index contributed by atoms with van der Waals surface area (Å²) < 4.78 is 7.61. The number of fused-ring (bicyclic) bond motifs is 1. The molecule has 4 heteroatoms. The molecule has 1 aliphatic heterocycles. The Labute approximate surface area is 99.8 Å². The van der Waals surface area contributed by atoms with Gasteiger partial charge in [0.15, 0.2) is 0 Å². The molecule has 1 aromatic heterocycles. The van der Waals surface area contributed by atoms with E-state index >= 15 is 0 Å². The van der Waals surface area contributed by atoms with Crippen molar-refractivity contribution >= 4 is 10.9 Å². The SMILES string of the molecule is OCc1ccc2c(cnn2CC2CCCO2)c1. The van der Waals surface area contributed by atoms with Gasteiger partial charge in [0.05, 0.1) is 31.0 Å². The molecule has 4 nitrogen and oxygen atoms in total. The van der Waals surface area contributed by atoms with Crippen LogP contribution in [0.4, 0.5) is 0 Å². The lowest BCUT2D eigenvalue weighted by atomic mass is 10.1. The van der Waals surface area contributed by atoms with Crippen LogP contribution in [-0.2, 0) is 17.9 Å². The van der Waals surface area contributed by atoms with E-state index in [0.717, 1.165) is 42.5 Å². The Morgan fingerprint density at radius 3 is 3.18 bits per heavy atom. The van der Waals surface area contributed by atoms with Crippen molar-refractivity contribution in [3.63, 3.8) is 0 Å². The zero-order valence-corrected chi connectivity index (χ0v) is 9.67. The van der Waals surface area contributed by atoms with Gasteiger partial charge in [-0.15, -0.1) is 0 Å². The number of aliphatic hydroxyl groups excluding tert-OH is 1. The molecule has 1 saturated heterocycles. The summed E-state index contributed by atoms with van der Waals surface area (Å²) in [5, 5.41) is 14.6. The van der Waals surface area contributed by atoms with Crippen molar-refractivity contribution in [1.82, 2.24) is 9.78 Å². The summed E-state index contributed by atoms with van der Waals surface area (Å²) in [6.45, 7) is 1.77. The van der Waals surface area contributed by atoms with Gasteiger partial charge in [0, 0.05) is 12.0 Å². The van der Waals surface area contributed by atoms with Crippen LogP contribution in [0.25, 0.3) is 10.9 Å². The van der Waals surface area contributed by atoms with Crippen molar-refractivity contribution in [3.05, 3.63) is 30.0 Å². The Morgan fingerprint density at radius 2 is 2.41 bits per heavy atom. The molecule has 1 N–H and O–H groups in total. The summed E-state index contributed by atoms with van der Waals surface area (Å²) in [6, 6.07) is 5.94. The van der Waals surface area contributed by atoms with Crippen LogP contribution in [0.5, 0.6) is 0 Å². The minimum Gasteiger partial charge on any atom is -0.392 e. The minimum absolute atomic E-state index is 0.0762. The highest BCUT2D eigenvalue weighted by Gasteiger charge is 2.17. The van der Waals surface area contributed by atoms with E-state index in [1.165, 1.54) is 0 Å². The highest BCUT2D eigenvalue weighted by molar-refractivity contribution is 5.79. The van der Waals surface area contributed by atoms with Crippen molar-refractivity contribution in [2.45, 2.75) is 32.1 Å². The van der Waals surface area contributed by atoms with Gasteiger partial charge < -0.3 is 9.84 Å². The van der Waals surface area contributed by atoms with Crippen molar-refractivity contribution in [1.29, 1.82) is 0 Å². The highest BCUT2D eigenvalue weighted by Crippen LogP contribution is 2.19. The van der Waals surface area contributed by atoms with Crippen LogP contribution in [0, 0.1) is 0 Å². The monoisotopic (exact) mass is 232 g/mol. The van der Waals surface area contributed by atoms with Crippen molar-refractivity contribution in [3.8, 4) is 0 Å². The molecule has 1 aliphatic rings. The molecule has 1 fully saturated rings. The predicted octanol–water partition coefficient (Wildman–Crippen LogP) is 1.71. The van der Waals surface area contributed by atoms with Gasteiger partial charge in [-0.2, -0.15) is 5.10 Å². The Kier molecular flexibility index (Phi) is 2.82. The smallest absolute Gasteiger partial charge is 0.0772 e. The first-order valence-electron chi connectivity index (χ1n) is 6.04. The quantitative estimate of drug-likeness (QED) is 0.876. The maximum atomic E-state index is 9.09. The molecule has 1 aromatic carbocycles. The third-order valence-electron chi connectivity index (χ3n) is 3.29. The first-order chi connectivity index (χ1) is 8.36. The average Bonchev–Trinajstić information content (AvgIpc) is 2.99. The summed E-state index contributed by atoms with van der Waals surface area (Å²) in [6.07, 6.45) is 4.42. The van der Waals surface area contributed by atoms with Crippen molar-refractivity contribution < 1.29 is 9.84 Å². The van der Waals surface area contributed by atoms with E-state index < -0.39 is 0 Å². The van der Waals surface area contributed by atoms with Gasteiger partial charge in [-0.25, -0.2) is 0 Å². The van der Waals surface area contributed by atoms with Crippen LogP contribution in [0.3, 0.4) is 0 Å². The van der Waals surface area contributed by atoms with Crippen LogP contribution in [0.1, 0.15) is 18.4 Å². The number of aromatic nitrogens is 2. The van der Waals surface area contributed by atoms with E-state index in [1.807, 2.05) is 29.1 Å². The Balaban J connectivity index is 1.89. The van der Waals surface area contributed by atoms with Crippen LogP contribution in [0.2, 0.25) is 0 Å². The Bertz CT molecular complexity index is 515. The van der Waals surface area contributed by atoms with Crippen molar-refractivity contribution in [2.75, 3.05) is 6.61 Å². The summed E-state index contributed by atoms with van der Waals surface area (Å²) in [5.41, 5.74) is 2.03. The molecule has 3 rings (SSSR count). The molecule has 2 aromatic rings. The number of hydrogen-bond donors (Lipinski definition) is 1. The number of rotatable bonds is 3. The topological polar surface area (TPSA) is 47.3 Å². The molecule has 0 bridgehead atoms. The fraction of sp³-hybridized carbons (Fsp3) is 0.462. The standard InChI is InChI=1S/C13H16N2O2/c16-9-10-3-4-13-11(6-10)7-14-15(13)8-12-2-1-5-17-12/h3-4,6-7,12,16H,1-2,5,8-9H2. The van der Waals surface area contributed by atoms with Gasteiger partial charge >= 0.3 is 0 Å². The largest absolute Gasteiger partial charge is 0.392 e. The second kappa shape index (κ2) is 4.47. The molecule has 90 valence electrons. The van der Waals surface area contributed by atoms with Gasteiger partial charge in [-0.1, -0.05) is 6.07 Å². The average molecular weight is 232 g/mol. The fourth-order valence-corrected chi connectivity index (χ4v) is 2.36. The molecule has 0 radical (unpaired) electrons. The van der Waals surface area contributed by atoms with Gasteiger partial charge in [0.1, 0.15) is 0 Å². The Hall–Kier alpha value is -1.39. The van der Waals surface area contributed by atoms with Crippen LogP contribution >= 0.6 is 0 Å². The molecule has 1 atom stereocenters. The van der Waals surface area contributed by atoms with E-state index in [4.69, 9.17) is 9.84 Å². The third kappa shape index (κ3) is 2.06. The lowest BCUT2D eigenvalue weighted by Crippen LogP contribution is -2.15. The van der Waals surface area contributed by atoms with Gasteiger partial charge in [0.2, 0.25) is 0 Å². The number of hydrogen-bond acceptors (Lipinski definition) is 3. The maximum absolute atomic E-state index is 9.09. The van der Waals surface area contributed by atoms with Gasteiger partial charge in [-0.05, 0) is 30.5 Å². The zero-order valence-electron chi connectivity index (χ0n) is 9.67. The Morgan fingerprint density at radius 1 is 1.47 bits per heavy atom. The summed E-state index contributed by atoms with van der Waals surface area (Å²) >= 11 is 0.